The predicted molar refractivity (Wildman–Crippen MR) is 131 cm³/mol. The first-order chi connectivity index (χ1) is 16.6. The number of hydrogen-bond acceptors (Lipinski definition) is 5. The van der Waals surface area contributed by atoms with Crippen molar-refractivity contribution in [2.75, 3.05) is 13.1 Å². The number of piperidine rings is 1. The third kappa shape index (κ3) is 3.62. The number of carbonyl (C=O) groups excluding carboxylic acids is 1. The van der Waals surface area contributed by atoms with Crippen LogP contribution in [0.2, 0.25) is 0 Å². The van der Waals surface area contributed by atoms with E-state index in [4.69, 9.17) is 4.74 Å². The van der Waals surface area contributed by atoms with Gasteiger partial charge in [0.1, 0.15) is 17.5 Å². The number of amides is 1. The molecule has 8 heteroatoms. The Labute approximate surface area is 205 Å². The Morgan fingerprint density at radius 2 is 1.66 bits per heavy atom. The van der Waals surface area contributed by atoms with Gasteiger partial charge in [0.25, 0.3) is 5.91 Å². The van der Waals surface area contributed by atoms with Gasteiger partial charge in [-0.2, -0.15) is 5.26 Å². The van der Waals surface area contributed by atoms with Crippen LogP contribution >= 0.6 is 0 Å². The molecule has 3 aromatic rings. The summed E-state index contributed by atoms with van der Waals surface area (Å²) in [5, 5.41) is 9.65. The number of nitriles is 1. The van der Waals surface area contributed by atoms with Gasteiger partial charge < -0.3 is 9.64 Å². The van der Waals surface area contributed by atoms with Crippen LogP contribution in [0.25, 0.3) is 5.69 Å². The molecule has 35 heavy (non-hydrogen) atoms. The van der Waals surface area contributed by atoms with Gasteiger partial charge in [-0.25, -0.2) is 8.42 Å². The molecule has 0 radical (unpaired) electrons. The summed E-state index contributed by atoms with van der Waals surface area (Å²) in [5.74, 6) is 0.590. The Morgan fingerprint density at radius 1 is 1.00 bits per heavy atom. The van der Waals surface area contributed by atoms with Crippen LogP contribution in [0.1, 0.15) is 55.4 Å². The van der Waals surface area contributed by atoms with E-state index in [0.29, 0.717) is 37.2 Å². The quantitative estimate of drug-likeness (QED) is 0.530. The van der Waals surface area contributed by atoms with Crippen LogP contribution in [0.3, 0.4) is 0 Å². The molecule has 0 aliphatic carbocycles. The van der Waals surface area contributed by atoms with Gasteiger partial charge in [-0.3, -0.25) is 9.36 Å². The lowest BCUT2D eigenvalue weighted by molar-refractivity contribution is -0.00937. The second-order valence-corrected chi connectivity index (χ2v) is 12.8. The van der Waals surface area contributed by atoms with Crippen molar-refractivity contribution >= 4 is 15.7 Å². The van der Waals surface area contributed by atoms with Gasteiger partial charge in [-0.15, -0.1) is 0 Å². The number of para-hydroxylation sites is 2. The van der Waals surface area contributed by atoms with E-state index < -0.39 is 20.2 Å². The van der Waals surface area contributed by atoms with E-state index in [1.807, 2.05) is 41.0 Å². The first-order valence-electron chi connectivity index (χ1n) is 11.6. The number of likely N-dealkylation sites (tertiary alicyclic amines) is 1. The van der Waals surface area contributed by atoms with Crippen LogP contribution in [0.4, 0.5) is 0 Å². The maximum absolute atomic E-state index is 13.2. The van der Waals surface area contributed by atoms with Crippen molar-refractivity contribution in [2.24, 2.45) is 0 Å². The Hall–Kier alpha value is -3.57. The van der Waals surface area contributed by atoms with Gasteiger partial charge in [0.15, 0.2) is 15.4 Å². The molecule has 7 nitrogen and oxygen atoms in total. The average molecular weight is 490 g/mol. The van der Waals surface area contributed by atoms with Crippen molar-refractivity contribution in [2.45, 2.75) is 48.9 Å². The number of sulfone groups is 1. The zero-order chi connectivity index (χ0) is 25.0. The number of hydrogen-bond donors (Lipinski definition) is 0. The summed E-state index contributed by atoms with van der Waals surface area (Å²) in [5.41, 5.74) is 2.16. The molecule has 0 N–H and O–H groups in total. The Balaban J connectivity index is 1.37. The van der Waals surface area contributed by atoms with Crippen molar-refractivity contribution in [1.82, 2.24) is 9.47 Å². The third-order valence-electron chi connectivity index (χ3n) is 6.95. The summed E-state index contributed by atoms with van der Waals surface area (Å²) in [7, 11) is -3.48. The fourth-order valence-electron chi connectivity index (χ4n) is 4.87. The molecule has 1 spiro atoms. The van der Waals surface area contributed by atoms with Crippen LogP contribution in [0, 0.1) is 11.3 Å². The lowest BCUT2D eigenvalue weighted by Gasteiger charge is -2.45. The van der Waals surface area contributed by atoms with Gasteiger partial charge in [0, 0.05) is 31.5 Å². The fraction of sp³-hybridized carbons (Fsp3) is 0.333. The molecule has 2 aliphatic rings. The maximum Gasteiger partial charge on any atom is 0.253 e. The van der Waals surface area contributed by atoms with Crippen LogP contribution in [0.15, 0.2) is 65.6 Å². The molecule has 0 bridgehead atoms. The smallest absolute Gasteiger partial charge is 0.253 e. The average Bonchev–Trinajstić information content (AvgIpc) is 3.29. The minimum atomic E-state index is -3.48. The zero-order valence-electron chi connectivity index (χ0n) is 20.0. The highest BCUT2D eigenvalue weighted by atomic mass is 32.2. The third-order valence-corrected chi connectivity index (χ3v) is 9.45. The Bertz CT molecular complexity index is 1450. The van der Waals surface area contributed by atoms with E-state index in [0.717, 1.165) is 17.1 Å². The lowest BCUT2D eigenvalue weighted by atomic mass is 9.86. The highest BCUT2D eigenvalue weighted by Gasteiger charge is 2.45. The predicted octanol–water partition coefficient (Wildman–Crippen LogP) is 4.45. The molecule has 0 unspecified atom stereocenters. The van der Waals surface area contributed by atoms with Crippen LogP contribution < -0.4 is 4.74 Å². The van der Waals surface area contributed by atoms with Crippen molar-refractivity contribution < 1.29 is 17.9 Å². The fourth-order valence-corrected chi connectivity index (χ4v) is 6.07. The summed E-state index contributed by atoms with van der Waals surface area (Å²) in [6.07, 6.45) is 1.16. The number of benzene rings is 2. The van der Waals surface area contributed by atoms with E-state index in [-0.39, 0.29) is 10.8 Å². The molecule has 180 valence electrons. The van der Waals surface area contributed by atoms with E-state index >= 15 is 0 Å². The summed E-state index contributed by atoms with van der Waals surface area (Å²) >= 11 is 0. The van der Waals surface area contributed by atoms with Crippen LogP contribution in [0.5, 0.6) is 5.75 Å². The van der Waals surface area contributed by atoms with Crippen LogP contribution in [-0.2, 0) is 15.4 Å². The van der Waals surface area contributed by atoms with E-state index in [9.17, 15) is 18.5 Å². The molecule has 3 heterocycles. The molecule has 1 amide bonds. The summed E-state index contributed by atoms with van der Waals surface area (Å²) < 4.78 is 33.0. The molecule has 2 aromatic carbocycles. The molecule has 1 saturated heterocycles. The van der Waals surface area contributed by atoms with Gasteiger partial charge in [0.2, 0.25) is 0 Å². The van der Waals surface area contributed by atoms with Crippen LogP contribution in [-0.4, -0.2) is 41.6 Å². The SMILES string of the molecule is CC(C)(C)S(=O)(=O)c1ccc(C(=O)N2CCC3(CC2)Oc2ccccc2-n2c(C#N)ccc23)cc1. The molecular weight excluding hydrogens is 462 g/mol. The number of rotatable bonds is 2. The zero-order valence-corrected chi connectivity index (χ0v) is 20.8. The minimum Gasteiger partial charge on any atom is -0.479 e. The summed E-state index contributed by atoms with van der Waals surface area (Å²) in [6.45, 7) is 5.94. The molecule has 0 atom stereocenters. The van der Waals surface area contributed by atoms with Crippen molar-refractivity contribution in [1.29, 1.82) is 5.26 Å². The number of aromatic nitrogens is 1. The second kappa shape index (κ2) is 7.99. The lowest BCUT2D eigenvalue weighted by Crippen LogP contribution is -2.50. The molecular formula is C27H27N3O4S. The monoisotopic (exact) mass is 489 g/mol. The van der Waals surface area contributed by atoms with Gasteiger partial charge in [-0.1, -0.05) is 12.1 Å². The van der Waals surface area contributed by atoms with Gasteiger partial charge >= 0.3 is 0 Å². The van der Waals surface area contributed by atoms with Crippen molar-refractivity contribution in [3.05, 3.63) is 77.6 Å². The molecule has 5 rings (SSSR count). The highest BCUT2D eigenvalue weighted by Crippen LogP contribution is 2.46. The van der Waals surface area contributed by atoms with E-state index in [2.05, 4.69) is 6.07 Å². The number of ether oxygens (including phenoxy) is 1. The number of nitrogens with zero attached hydrogens (tertiary/aromatic N) is 3. The Morgan fingerprint density at radius 3 is 2.29 bits per heavy atom. The number of carbonyl (C=O) groups is 1. The molecule has 1 aromatic heterocycles. The topological polar surface area (TPSA) is 92.4 Å². The van der Waals surface area contributed by atoms with E-state index in [1.165, 1.54) is 12.1 Å². The maximum atomic E-state index is 13.2. The van der Waals surface area contributed by atoms with Gasteiger partial charge in [-0.05, 0) is 69.3 Å². The highest BCUT2D eigenvalue weighted by molar-refractivity contribution is 7.92. The van der Waals surface area contributed by atoms with E-state index in [1.54, 1.807) is 37.8 Å². The van der Waals surface area contributed by atoms with Crippen molar-refractivity contribution in [3.63, 3.8) is 0 Å². The standard InChI is InChI=1S/C27H27N3O4S/c1-26(2,3)35(32,33)21-11-8-19(9-12-21)25(31)29-16-14-27(15-17-29)24-13-10-20(18-28)30(24)22-6-4-5-7-23(22)34-27/h4-13H,14-17H2,1-3H3. The van der Waals surface area contributed by atoms with Gasteiger partial charge in [0.05, 0.1) is 21.0 Å². The first-order valence-corrected chi connectivity index (χ1v) is 13.1. The molecule has 1 fully saturated rings. The largest absolute Gasteiger partial charge is 0.479 e. The molecule has 2 aliphatic heterocycles. The summed E-state index contributed by atoms with van der Waals surface area (Å²) in [4.78, 5) is 15.2. The Kier molecular flexibility index (Phi) is 5.29. The molecule has 0 saturated carbocycles. The summed E-state index contributed by atoms with van der Waals surface area (Å²) in [6, 6.07) is 19.9. The second-order valence-electron chi connectivity index (χ2n) is 10.0. The minimum absolute atomic E-state index is 0.135. The first kappa shape index (κ1) is 23.2. The number of fused-ring (bicyclic) bond motifs is 4. The van der Waals surface area contributed by atoms with Crippen molar-refractivity contribution in [3.8, 4) is 17.5 Å². The normalized spacial score (nSPS) is 16.7.